The highest BCUT2D eigenvalue weighted by Crippen LogP contribution is 2.23. The van der Waals surface area contributed by atoms with Crippen molar-refractivity contribution in [2.24, 2.45) is 0 Å². The van der Waals surface area contributed by atoms with Crippen LogP contribution in [0.4, 0.5) is 5.69 Å². The van der Waals surface area contributed by atoms with Crippen molar-refractivity contribution in [3.8, 4) is 5.75 Å². The van der Waals surface area contributed by atoms with Crippen molar-refractivity contribution in [1.82, 2.24) is 0 Å². The molecule has 0 atom stereocenters. The van der Waals surface area contributed by atoms with Crippen LogP contribution in [-0.2, 0) is 9.53 Å². The Kier molecular flexibility index (Phi) is 5.79. The van der Waals surface area contributed by atoms with Crippen molar-refractivity contribution in [3.63, 3.8) is 0 Å². The Morgan fingerprint density at radius 1 is 1.14 bits per heavy atom. The molecule has 0 saturated carbocycles. The molecular formula is C20H16BrNO6. The van der Waals surface area contributed by atoms with E-state index in [1.807, 2.05) is 6.92 Å². The largest absolute Gasteiger partial charge is 0.484 e. The Morgan fingerprint density at radius 2 is 1.93 bits per heavy atom. The van der Waals surface area contributed by atoms with E-state index in [2.05, 4.69) is 21.2 Å². The molecule has 0 aliphatic rings. The maximum atomic E-state index is 12.2. The lowest BCUT2D eigenvalue weighted by molar-refractivity contribution is -0.118. The number of methoxy groups -OCH3 is 1. The number of nitrogens with one attached hydrogen (secondary N) is 1. The number of rotatable bonds is 5. The highest BCUT2D eigenvalue weighted by atomic mass is 79.9. The molecule has 0 saturated heterocycles. The molecule has 1 heterocycles. The summed E-state index contributed by atoms with van der Waals surface area (Å²) in [6.45, 7) is 1.52. The van der Waals surface area contributed by atoms with Gasteiger partial charge in [-0.2, -0.15) is 0 Å². The molecule has 2 aromatic carbocycles. The van der Waals surface area contributed by atoms with Gasteiger partial charge < -0.3 is 19.2 Å². The molecule has 0 unspecified atom stereocenters. The predicted molar refractivity (Wildman–Crippen MR) is 107 cm³/mol. The molecule has 8 heteroatoms. The molecule has 0 bridgehead atoms. The van der Waals surface area contributed by atoms with Crippen molar-refractivity contribution in [2.75, 3.05) is 19.0 Å². The standard InChI is InChI=1S/C20H16BrNO6/c1-11-7-19(24)28-17-9-13(4-5-14(11)17)27-10-18(23)22-16-6-3-12(21)8-15(16)20(25)26-2/h3-9H,10H2,1-2H3,(H,22,23). The summed E-state index contributed by atoms with van der Waals surface area (Å²) >= 11 is 3.27. The van der Waals surface area contributed by atoms with Gasteiger partial charge in [0, 0.05) is 22.0 Å². The lowest BCUT2D eigenvalue weighted by Crippen LogP contribution is -2.21. The Hall–Kier alpha value is -3.13. The Labute approximate surface area is 168 Å². The van der Waals surface area contributed by atoms with Crippen LogP contribution in [0.25, 0.3) is 11.0 Å². The summed E-state index contributed by atoms with van der Waals surface area (Å²) in [6, 6.07) is 11.2. The van der Waals surface area contributed by atoms with Gasteiger partial charge in [-0.25, -0.2) is 9.59 Å². The van der Waals surface area contributed by atoms with Crippen LogP contribution in [0.5, 0.6) is 5.75 Å². The van der Waals surface area contributed by atoms with E-state index in [-0.39, 0.29) is 12.2 Å². The highest BCUT2D eigenvalue weighted by Gasteiger charge is 2.15. The maximum Gasteiger partial charge on any atom is 0.340 e. The number of hydrogen-bond acceptors (Lipinski definition) is 6. The maximum absolute atomic E-state index is 12.2. The second-order valence-electron chi connectivity index (χ2n) is 5.92. The van der Waals surface area contributed by atoms with Crippen molar-refractivity contribution in [3.05, 3.63) is 68.5 Å². The number of fused-ring (bicyclic) bond motifs is 1. The third-order valence-electron chi connectivity index (χ3n) is 3.95. The molecule has 0 aliphatic heterocycles. The molecular weight excluding hydrogens is 430 g/mol. The van der Waals surface area contributed by atoms with E-state index in [9.17, 15) is 14.4 Å². The number of carbonyl (C=O) groups excluding carboxylic acids is 2. The number of benzene rings is 2. The number of halogens is 1. The number of carbonyl (C=O) groups is 2. The van der Waals surface area contributed by atoms with E-state index in [0.717, 1.165) is 10.9 Å². The minimum Gasteiger partial charge on any atom is -0.484 e. The molecule has 7 nitrogen and oxygen atoms in total. The van der Waals surface area contributed by atoms with E-state index >= 15 is 0 Å². The van der Waals surface area contributed by atoms with E-state index in [1.54, 1.807) is 36.4 Å². The normalized spacial score (nSPS) is 10.5. The first kappa shape index (κ1) is 19.6. The van der Waals surface area contributed by atoms with Gasteiger partial charge in [-0.15, -0.1) is 0 Å². The molecule has 1 aromatic heterocycles. The first-order valence-electron chi connectivity index (χ1n) is 8.22. The van der Waals surface area contributed by atoms with Gasteiger partial charge in [0.05, 0.1) is 18.4 Å². The van der Waals surface area contributed by atoms with E-state index < -0.39 is 17.5 Å². The minimum absolute atomic E-state index is 0.216. The Bertz CT molecular complexity index is 1120. The number of amides is 1. The fraction of sp³-hybridized carbons (Fsp3) is 0.150. The second-order valence-corrected chi connectivity index (χ2v) is 6.84. The molecule has 144 valence electrons. The molecule has 1 amide bonds. The third kappa shape index (κ3) is 4.40. The number of aryl methyl sites for hydroxylation is 1. The lowest BCUT2D eigenvalue weighted by atomic mass is 10.1. The van der Waals surface area contributed by atoms with Gasteiger partial charge in [0.25, 0.3) is 5.91 Å². The number of hydrogen-bond donors (Lipinski definition) is 1. The lowest BCUT2D eigenvalue weighted by Gasteiger charge is -2.11. The second kappa shape index (κ2) is 8.26. The van der Waals surface area contributed by atoms with Gasteiger partial charge in [0.1, 0.15) is 11.3 Å². The predicted octanol–water partition coefficient (Wildman–Crippen LogP) is 3.67. The molecule has 28 heavy (non-hydrogen) atoms. The highest BCUT2D eigenvalue weighted by molar-refractivity contribution is 9.10. The van der Waals surface area contributed by atoms with E-state index in [1.165, 1.54) is 13.2 Å². The first-order chi connectivity index (χ1) is 13.4. The fourth-order valence-electron chi connectivity index (χ4n) is 2.63. The zero-order chi connectivity index (χ0) is 20.3. The topological polar surface area (TPSA) is 94.8 Å². The number of esters is 1. The monoisotopic (exact) mass is 445 g/mol. The quantitative estimate of drug-likeness (QED) is 0.475. The zero-order valence-corrected chi connectivity index (χ0v) is 16.7. The summed E-state index contributed by atoms with van der Waals surface area (Å²) in [7, 11) is 1.26. The van der Waals surface area contributed by atoms with Gasteiger partial charge in [-0.05, 0) is 42.8 Å². The van der Waals surface area contributed by atoms with E-state index in [0.29, 0.717) is 21.5 Å². The van der Waals surface area contributed by atoms with Crippen LogP contribution >= 0.6 is 15.9 Å². The van der Waals surface area contributed by atoms with E-state index in [4.69, 9.17) is 13.9 Å². The van der Waals surface area contributed by atoms with Gasteiger partial charge in [-0.1, -0.05) is 15.9 Å². The summed E-state index contributed by atoms with van der Waals surface area (Å²) < 4.78 is 16.0. The van der Waals surface area contributed by atoms with Crippen LogP contribution in [0.3, 0.4) is 0 Å². The molecule has 0 aliphatic carbocycles. The van der Waals surface area contributed by atoms with Gasteiger partial charge in [-0.3, -0.25) is 4.79 Å². The number of ether oxygens (including phenoxy) is 2. The average molecular weight is 446 g/mol. The van der Waals surface area contributed by atoms with Crippen molar-refractivity contribution < 1.29 is 23.5 Å². The van der Waals surface area contributed by atoms with Crippen molar-refractivity contribution in [1.29, 1.82) is 0 Å². The zero-order valence-electron chi connectivity index (χ0n) is 15.1. The summed E-state index contributed by atoms with van der Waals surface area (Å²) in [6.07, 6.45) is 0. The average Bonchev–Trinajstić information content (AvgIpc) is 2.66. The molecule has 3 aromatic rings. The number of anilines is 1. The van der Waals surface area contributed by atoms with Crippen LogP contribution in [0, 0.1) is 6.92 Å². The molecule has 0 spiro atoms. The SMILES string of the molecule is COC(=O)c1cc(Br)ccc1NC(=O)COc1ccc2c(C)cc(=O)oc2c1. The van der Waals surface area contributed by atoms with Crippen LogP contribution in [-0.4, -0.2) is 25.6 Å². The van der Waals surface area contributed by atoms with Crippen LogP contribution < -0.4 is 15.7 Å². The van der Waals surface area contributed by atoms with Gasteiger partial charge in [0.2, 0.25) is 0 Å². The fourth-order valence-corrected chi connectivity index (χ4v) is 3.00. The van der Waals surface area contributed by atoms with Crippen molar-refractivity contribution in [2.45, 2.75) is 6.92 Å². The molecule has 0 fully saturated rings. The third-order valence-corrected chi connectivity index (χ3v) is 4.45. The summed E-state index contributed by atoms with van der Waals surface area (Å²) in [5.74, 6) is -0.656. The Balaban J connectivity index is 1.72. The smallest absolute Gasteiger partial charge is 0.340 e. The molecule has 1 N–H and O–H groups in total. The van der Waals surface area contributed by atoms with Crippen molar-refractivity contribution >= 4 is 44.5 Å². The summed E-state index contributed by atoms with van der Waals surface area (Å²) in [5, 5.41) is 3.41. The van der Waals surface area contributed by atoms with Gasteiger partial charge >= 0.3 is 11.6 Å². The van der Waals surface area contributed by atoms with Crippen LogP contribution in [0.2, 0.25) is 0 Å². The first-order valence-corrected chi connectivity index (χ1v) is 9.01. The molecule has 3 rings (SSSR count). The van der Waals surface area contributed by atoms with Gasteiger partial charge in [0.15, 0.2) is 6.61 Å². The van der Waals surface area contributed by atoms with Crippen LogP contribution in [0.1, 0.15) is 15.9 Å². The minimum atomic E-state index is -0.572. The molecule has 0 radical (unpaired) electrons. The van der Waals surface area contributed by atoms with Crippen LogP contribution in [0.15, 0.2) is 56.1 Å². The summed E-state index contributed by atoms with van der Waals surface area (Å²) in [5.41, 5.74) is 1.24. The Morgan fingerprint density at radius 3 is 2.68 bits per heavy atom. The summed E-state index contributed by atoms with van der Waals surface area (Å²) in [4.78, 5) is 35.6.